The number of benzene rings is 14. The molecule has 19 heteroatoms. The summed E-state index contributed by atoms with van der Waals surface area (Å²) in [5.41, 5.74) is 17.1. The minimum Gasteiger partial charge on any atom is -0.497 e. The molecular weight excluding hydrogens is 1640 g/mol. The molecule has 0 heterocycles. The molecule has 0 saturated carbocycles. The largest absolute Gasteiger partial charge is 0.497 e. The third-order valence-electron chi connectivity index (χ3n) is 20.8. The Kier molecular flexibility index (Phi) is 35.5. The Morgan fingerprint density at radius 2 is 0.377 bits per heavy atom. The van der Waals surface area contributed by atoms with Crippen LogP contribution in [-0.2, 0) is 144 Å². The number of hydrogen-bond acceptors (Lipinski definition) is 19. The molecule has 0 aliphatic heterocycles. The van der Waals surface area contributed by atoms with Crippen LogP contribution in [0, 0.1) is 0 Å². The van der Waals surface area contributed by atoms with Crippen molar-refractivity contribution in [3.63, 3.8) is 0 Å². The number of ether oxygens (including phenoxy) is 14. The Hall–Kier alpha value is -15.6. The van der Waals surface area contributed by atoms with Gasteiger partial charge in [-0.1, -0.05) is 249 Å². The van der Waals surface area contributed by atoms with Gasteiger partial charge in [-0.15, -0.1) is 0 Å². The molecule has 19 nitrogen and oxygen atoms in total. The van der Waals surface area contributed by atoms with Gasteiger partial charge in [0.2, 0.25) is 0 Å². The lowest BCUT2D eigenvalue weighted by Gasteiger charge is -2.18. The highest BCUT2D eigenvalue weighted by Crippen LogP contribution is 2.42. The molecule has 0 spiro atoms. The fourth-order valence-electron chi connectivity index (χ4n) is 13.9. The highest BCUT2D eigenvalue weighted by molar-refractivity contribution is 5.84. The van der Waals surface area contributed by atoms with E-state index in [1.807, 2.05) is 340 Å². The van der Waals surface area contributed by atoms with E-state index in [2.05, 4.69) is 6.58 Å². The summed E-state index contributed by atoms with van der Waals surface area (Å²) in [5.74, 6) is 4.34. The molecule has 14 rings (SSSR count). The molecular formula is C111H104O19. The van der Waals surface area contributed by atoms with Crippen LogP contribution in [0.5, 0.6) is 46.0 Å². The summed E-state index contributed by atoms with van der Waals surface area (Å²) < 4.78 is 79.3. The van der Waals surface area contributed by atoms with Gasteiger partial charge in [0.1, 0.15) is 98.9 Å². The molecule has 0 aromatic heterocycles. The van der Waals surface area contributed by atoms with Crippen LogP contribution in [0.15, 0.2) is 352 Å². The topological polar surface area (TPSA) is 215 Å². The van der Waals surface area contributed by atoms with Crippen molar-refractivity contribution in [2.45, 2.75) is 91.4 Å². The zero-order valence-corrected chi connectivity index (χ0v) is 73.7. The lowest BCUT2D eigenvalue weighted by Crippen LogP contribution is -2.09. The van der Waals surface area contributed by atoms with Gasteiger partial charge < -0.3 is 66.3 Å². The van der Waals surface area contributed by atoms with Crippen LogP contribution in [0.3, 0.4) is 0 Å². The number of methoxy groups -OCH3 is 6. The maximum Gasteiger partial charge on any atom is 0.310 e. The predicted molar refractivity (Wildman–Crippen MR) is 500 cm³/mol. The van der Waals surface area contributed by atoms with Gasteiger partial charge in [-0.2, -0.15) is 0 Å². The van der Waals surface area contributed by atoms with E-state index in [-0.39, 0.29) is 95.0 Å². The van der Waals surface area contributed by atoms with E-state index in [9.17, 15) is 24.0 Å². The lowest BCUT2D eigenvalue weighted by molar-refractivity contribution is -0.145. The van der Waals surface area contributed by atoms with Crippen LogP contribution in [0.1, 0.15) is 77.9 Å². The maximum absolute atomic E-state index is 13.0. The van der Waals surface area contributed by atoms with Gasteiger partial charge in [0.25, 0.3) is 0 Å². The Balaban J connectivity index is 0.000000178. The second kappa shape index (κ2) is 49.3. The molecule has 0 aliphatic carbocycles. The minimum absolute atomic E-state index is 0.0739. The molecule has 0 saturated heterocycles. The summed E-state index contributed by atoms with van der Waals surface area (Å²) in [6, 6.07) is 107. The van der Waals surface area contributed by atoms with Crippen molar-refractivity contribution in [2.75, 3.05) is 42.7 Å². The summed E-state index contributed by atoms with van der Waals surface area (Å²) in [6.07, 6.45) is 1.00. The first-order valence-electron chi connectivity index (χ1n) is 42.3. The van der Waals surface area contributed by atoms with Gasteiger partial charge in [-0.25, -0.2) is 0 Å². The fourth-order valence-corrected chi connectivity index (χ4v) is 13.9. The molecule has 14 aromatic rings. The molecule has 0 fully saturated rings. The number of allylic oxidation sites excluding steroid dienone is 1. The van der Waals surface area contributed by atoms with E-state index in [4.69, 9.17) is 66.3 Å². The summed E-state index contributed by atoms with van der Waals surface area (Å²) in [6.45, 7) is 6.24. The third kappa shape index (κ3) is 29.2. The van der Waals surface area contributed by atoms with Crippen LogP contribution < -0.4 is 37.9 Å². The van der Waals surface area contributed by atoms with Crippen LogP contribution in [0.4, 0.5) is 0 Å². The van der Waals surface area contributed by atoms with Gasteiger partial charge in [0.05, 0.1) is 80.5 Å². The number of esters is 5. The minimum atomic E-state index is -0.340. The van der Waals surface area contributed by atoms with Crippen LogP contribution in [0.2, 0.25) is 0 Å². The summed E-state index contributed by atoms with van der Waals surface area (Å²) in [5, 5.41) is 0. The van der Waals surface area contributed by atoms with Crippen molar-refractivity contribution in [1.29, 1.82) is 0 Å². The summed E-state index contributed by atoms with van der Waals surface area (Å²) in [7, 11) is 9.67. The molecule has 130 heavy (non-hydrogen) atoms. The summed E-state index contributed by atoms with van der Waals surface area (Å²) in [4.78, 5) is 63.6. The average molecular weight is 1740 g/mol. The maximum atomic E-state index is 13.0. The Labute approximate surface area is 759 Å². The third-order valence-corrected chi connectivity index (χ3v) is 20.8. The van der Waals surface area contributed by atoms with E-state index >= 15 is 0 Å². The van der Waals surface area contributed by atoms with Crippen molar-refractivity contribution in [3.05, 3.63) is 430 Å². The molecule has 0 unspecified atom stereocenters. The second-order valence-electron chi connectivity index (χ2n) is 30.2. The molecule has 662 valence electrons. The second-order valence-corrected chi connectivity index (χ2v) is 30.2. The van der Waals surface area contributed by atoms with E-state index < -0.39 is 0 Å². The molecule has 0 radical (unpaired) electrons. The first-order chi connectivity index (χ1) is 63.6. The van der Waals surface area contributed by atoms with Gasteiger partial charge in [0, 0.05) is 39.8 Å². The Morgan fingerprint density at radius 3 is 0.600 bits per heavy atom. The van der Waals surface area contributed by atoms with Crippen molar-refractivity contribution < 1.29 is 90.3 Å². The lowest BCUT2D eigenvalue weighted by atomic mass is 9.97. The van der Waals surface area contributed by atoms with Gasteiger partial charge in [-0.3, -0.25) is 24.0 Å². The Morgan fingerprint density at radius 1 is 0.192 bits per heavy atom. The van der Waals surface area contributed by atoms with E-state index in [1.165, 1.54) is 0 Å². The van der Waals surface area contributed by atoms with Gasteiger partial charge in [0.15, 0.2) is 0 Å². The molecule has 0 amide bonds. The number of hydrogen-bond donors (Lipinski definition) is 0. The molecule has 14 aromatic carbocycles. The molecule has 0 aliphatic rings. The van der Waals surface area contributed by atoms with E-state index in [1.54, 1.807) is 42.7 Å². The SMILES string of the molecule is C=C(Cc1ccc(OC)c(-c2cc(CC(=O)OCc3ccc(OC)cc3)ccc2OC)c1)OCc1ccc(OC)cc1.COc1ccc(CC(=O)OCc2ccccc2)cc1-c1cc(CC(=O)OCc2ccccc2)ccc1OC.O=C(Cc1ccc(OCc2ccccc2)c(-c2cc(CC(=O)OCc3ccccc3)ccc2OCc2ccccc2)c1)OCc1ccccc1. The molecule has 0 N–H and O–H groups in total. The first-order valence-corrected chi connectivity index (χ1v) is 42.3. The highest BCUT2D eigenvalue weighted by Gasteiger charge is 2.22. The number of rotatable bonds is 40. The number of carbonyl (C=O) groups is 5. The highest BCUT2D eigenvalue weighted by atomic mass is 16.6. The number of carbonyl (C=O) groups excluding carboxylic acids is 5. The zero-order chi connectivity index (χ0) is 91.0. The van der Waals surface area contributed by atoms with Crippen molar-refractivity contribution in [3.8, 4) is 79.4 Å². The standard InChI is InChI=1S/C44H38O6.C35H36O7.C32H30O6/c45-43(49-31-35-17-9-3-10-18-35)27-37-21-23-41(47-29-33-13-5-1-6-14-33)39(25-37)40-26-38(28-44(46)50-32-36-19-11-4-12-20-36)22-24-42(40)48-30-34-15-7-2-8-16-34;1-24(41-22-25-6-12-29(37-2)13-7-25)18-27-10-16-33(39-4)31(19-27)32-20-28(11-17-34(32)40-5)21-35(36)42-23-26-8-14-30(38-3)15-9-26;1-35-29-15-13-25(19-31(33)37-21-23-9-5-3-6-10-23)17-27(29)28-18-26(14-16-30(28)36-2)20-32(34)38-22-24-11-7-4-8-12-24/h1-26H,27-32H2;6-17,19-20H,1,18,21-23H2,2-5H3;3-18H,19-22H2,1-2H3. The van der Waals surface area contributed by atoms with Crippen molar-refractivity contribution >= 4 is 29.8 Å². The van der Waals surface area contributed by atoms with Gasteiger partial charge in [-0.05, 0) is 175 Å². The summed E-state index contributed by atoms with van der Waals surface area (Å²) >= 11 is 0. The van der Waals surface area contributed by atoms with Crippen molar-refractivity contribution in [2.24, 2.45) is 0 Å². The molecule has 0 bridgehead atoms. The zero-order valence-electron chi connectivity index (χ0n) is 73.7. The van der Waals surface area contributed by atoms with E-state index in [0.717, 1.165) is 123 Å². The molecule has 0 atom stereocenters. The van der Waals surface area contributed by atoms with Gasteiger partial charge >= 0.3 is 29.8 Å². The van der Waals surface area contributed by atoms with E-state index in [0.29, 0.717) is 66.5 Å². The monoisotopic (exact) mass is 1740 g/mol. The van der Waals surface area contributed by atoms with Crippen LogP contribution in [0.25, 0.3) is 33.4 Å². The average Bonchev–Trinajstić information content (AvgIpc) is 0.856. The predicted octanol–water partition coefficient (Wildman–Crippen LogP) is 22.0. The van der Waals surface area contributed by atoms with Crippen molar-refractivity contribution in [1.82, 2.24) is 0 Å². The Bertz CT molecular complexity index is 5620. The first kappa shape index (κ1) is 93.5. The smallest absolute Gasteiger partial charge is 0.310 e. The van der Waals surface area contributed by atoms with Crippen LogP contribution >= 0.6 is 0 Å². The fraction of sp³-hybridized carbons (Fsp3) is 0.180. The normalized spacial score (nSPS) is 10.5. The van der Waals surface area contributed by atoms with Crippen LogP contribution in [-0.4, -0.2) is 72.5 Å². The quantitative estimate of drug-likeness (QED) is 0.0198.